The summed E-state index contributed by atoms with van der Waals surface area (Å²) in [5, 5.41) is 10.2. The molecule has 3 rings (SSSR count). The van der Waals surface area contributed by atoms with E-state index in [1.807, 2.05) is 0 Å². The van der Waals surface area contributed by atoms with Crippen LogP contribution in [0.4, 0.5) is 11.4 Å². The van der Waals surface area contributed by atoms with Crippen molar-refractivity contribution in [1.29, 1.82) is 0 Å². The van der Waals surface area contributed by atoms with Crippen LogP contribution in [-0.2, 0) is 17.8 Å². The lowest BCUT2D eigenvalue weighted by atomic mass is 10.1. The van der Waals surface area contributed by atoms with Gasteiger partial charge in [-0.15, -0.1) is 0 Å². The normalized spacial score (nSPS) is 13.5. The third-order valence-electron chi connectivity index (χ3n) is 3.23. The molecule has 1 aliphatic heterocycles. The zero-order chi connectivity index (χ0) is 16.4. The molecule has 0 bridgehead atoms. The first-order valence-corrected chi connectivity index (χ1v) is 7.70. The SMILES string of the molecule is CC(C)Cc1noc(CNc2cc3c(cc2Cl)NC(=O)CO3)n1. The number of hydrogen-bond donors (Lipinski definition) is 2. The Morgan fingerprint density at radius 1 is 1.43 bits per heavy atom. The van der Waals surface area contributed by atoms with Crippen LogP contribution < -0.4 is 15.4 Å². The van der Waals surface area contributed by atoms with E-state index >= 15 is 0 Å². The van der Waals surface area contributed by atoms with Crippen molar-refractivity contribution in [3.63, 3.8) is 0 Å². The minimum Gasteiger partial charge on any atom is -0.482 e. The highest BCUT2D eigenvalue weighted by atomic mass is 35.5. The van der Waals surface area contributed by atoms with E-state index < -0.39 is 0 Å². The monoisotopic (exact) mass is 336 g/mol. The summed E-state index contributed by atoms with van der Waals surface area (Å²) >= 11 is 6.21. The molecule has 122 valence electrons. The van der Waals surface area contributed by atoms with E-state index in [9.17, 15) is 4.79 Å². The molecule has 1 aromatic heterocycles. The fourth-order valence-corrected chi connectivity index (χ4v) is 2.45. The van der Waals surface area contributed by atoms with Gasteiger partial charge in [0, 0.05) is 12.5 Å². The summed E-state index contributed by atoms with van der Waals surface area (Å²) in [4.78, 5) is 15.6. The zero-order valence-electron chi connectivity index (χ0n) is 12.9. The number of carbonyl (C=O) groups is 1. The summed E-state index contributed by atoms with van der Waals surface area (Å²) in [7, 11) is 0. The predicted molar refractivity (Wildman–Crippen MR) is 85.7 cm³/mol. The van der Waals surface area contributed by atoms with Gasteiger partial charge in [-0.25, -0.2) is 0 Å². The maximum atomic E-state index is 11.3. The lowest BCUT2D eigenvalue weighted by Crippen LogP contribution is -2.25. The molecule has 0 spiro atoms. The maximum Gasteiger partial charge on any atom is 0.262 e. The summed E-state index contributed by atoms with van der Waals surface area (Å²) in [6, 6.07) is 3.39. The fraction of sp³-hybridized carbons (Fsp3) is 0.400. The van der Waals surface area contributed by atoms with E-state index in [1.54, 1.807) is 12.1 Å². The maximum absolute atomic E-state index is 11.3. The number of ether oxygens (including phenoxy) is 1. The Labute approximate surface area is 138 Å². The van der Waals surface area contributed by atoms with Crippen molar-refractivity contribution in [1.82, 2.24) is 10.1 Å². The Hall–Kier alpha value is -2.28. The first-order valence-electron chi connectivity index (χ1n) is 7.33. The van der Waals surface area contributed by atoms with Gasteiger partial charge in [-0.2, -0.15) is 4.98 Å². The highest BCUT2D eigenvalue weighted by Crippen LogP contribution is 2.36. The number of nitrogens with zero attached hydrogens (tertiary/aromatic N) is 2. The summed E-state index contributed by atoms with van der Waals surface area (Å²) in [6.07, 6.45) is 0.774. The van der Waals surface area contributed by atoms with Crippen LogP contribution in [0.1, 0.15) is 25.6 Å². The molecule has 0 saturated heterocycles. The van der Waals surface area contributed by atoms with Gasteiger partial charge in [0.05, 0.1) is 22.9 Å². The van der Waals surface area contributed by atoms with Crippen molar-refractivity contribution >= 4 is 28.9 Å². The second-order valence-electron chi connectivity index (χ2n) is 5.72. The van der Waals surface area contributed by atoms with E-state index in [0.717, 1.165) is 6.42 Å². The molecule has 0 atom stereocenters. The summed E-state index contributed by atoms with van der Waals surface area (Å²) in [5.74, 6) is 2.03. The number of halogens is 1. The molecule has 7 nitrogen and oxygen atoms in total. The minimum atomic E-state index is -0.196. The van der Waals surface area contributed by atoms with Crippen LogP contribution in [0.2, 0.25) is 5.02 Å². The van der Waals surface area contributed by atoms with Crippen molar-refractivity contribution in [2.45, 2.75) is 26.8 Å². The van der Waals surface area contributed by atoms with Gasteiger partial charge in [0.15, 0.2) is 12.4 Å². The molecular weight excluding hydrogens is 320 g/mol. The Bertz CT molecular complexity index is 730. The number of fused-ring (bicyclic) bond motifs is 1. The average Bonchev–Trinajstić information content (AvgIpc) is 2.91. The molecular formula is C15H17ClN4O3. The minimum absolute atomic E-state index is 0.00368. The quantitative estimate of drug-likeness (QED) is 0.872. The Balaban J connectivity index is 1.68. The largest absolute Gasteiger partial charge is 0.482 e. The van der Waals surface area contributed by atoms with E-state index in [4.69, 9.17) is 20.9 Å². The molecule has 23 heavy (non-hydrogen) atoms. The van der Waals surface area contributed by atoms with Crippen LogP contribution in [0.25, 0.3) is 0 Å². The van der Waals surface area contributed by atoms with E-state index in [2.05, 4.69) is 34.6 Å². The smallest absolute Gasteiger partial charge is 0.262 e. The lowest BCUT2D eigenvalue weighted by molar-refractivity contribution is -0.118. The second-order valence-corrected chi connectivity index (χ2v) is 6.13. The number of nitrogens with one attached hydrogen (secondary N) is 2. The summed E-state index contributed by atoms with van der Waals surface area (Å²) in [5.41, 5.74) is 1.24. The van der Waals surface area contributed by atoms with Crippen molar-refractivity contribution < 1.29 is 14.1 Å². The van der Waals surface area contributed by atoms with Crippen molar-refractivity contribution in [3.05, 3.63) is 28.9 Å². The van der Waals surface area contributed by atoms with E-state index in [0.29, 0.717) is 46.3 Å². The number of carbonyl (C=O) groups excluding carboxylic acids is 1. The Morgan fingerprint density at radius 2 is 2.26 bits per heavy atom. The molecule has 0 radical (unpaired) electrons. The van der Waals surface area contributed by atoms with Crippen LogP contribution in [-0.4, -0.2) is 22.7 Å². The van der Waals surface area contributed by atoms with Gasteiger partial charge < -0.3 is 19.9 Å². The average molecular weight is 337 g/mol. The molecule has 2 N–H and O–H groups in total. The van der Waals surface area contributed by atoms with Gasteiger partial charge in [0.2, 0.25) is 5.89 Å². The highest BCUT2D eigenvalue weighted by molar-refractivity contribution is 6.33. The fourth-order valence-electron chi connectivity index (χ4n) is 2.22. The summed E-state index contributed by atoms with van der Waals surface area (Å²) in [6.45, 7) is 4.55. The van der Waals surface area contributed by atoms with Gasteiger partial charge in [-0.05, 0) is 12.0 Å². The molecule has 1 aromatic carbocycles. The Morgan fingerprint density at radius 3 is 3.04 bits per heavy atom. The molecule has 0 aliphatic carbocycles. The van der Waals surface area contributed by atoms with Crippen molar-refractivity contribution in [3.8, 4) is 5.75 Å². The molecule has 0 fully saturated rings. The van der Waals surface area contributed by atoms with Gasteiger partial charge in [-0.1, -0.05) is 30.6 Å². The third kappa shape index (κ3) is 3.73. The zero-order valence-corrected chi connectivity index (χ0v) is 13.6. The van der Waals surface area contributed by atoms with Crippen LogP contribution in [0, 0.1) is 5.92 Å². The van der Waals surface area contributed by atoms with Gasteiger partial charge >= 0.3 is 0 Å². The van der Waals surface area contributed by atoms with Crippen LogP contribution in [0.5, 0.6) is 5.75 Å². The molecule has 1 aliphatic rings. The molecule has 0 unspecified atom stereocenters. The van der Waals surface area contributed by atoms with Crippen LogP contribution >= 0.6 is 11.6 Å². The number of hydrogen-bond acceptors (Lipinski definition) is 6. The van der Waals surface area contributed by atoms with Crippen LogP contribution in [0.15, 0.2) is 16.7 Å². The van der Waals surface area contributed by atoms with Crippen molar-refractivity contribution in [2.24, 2.45) is 5.92 Å². The van der Waals surface area contributed by atoms with Gasteiger partial charge in [-0.3, -0.25) is 4.79 Å². The first kappa shape index (κ1) is 15.6. The topological polar surface area (TPSA) is 89.3 Å². The number of anilines is 2. The third-order valence-corrected chi connectivity index (χ3v) is 3.55. The number of benzene rings is 1. The molecule has 2 heterocycles. The number of rotatable bonds is 5. The van der Waals surface area contributed by atoms with E-state index in [-0.39, 0.29) is 12.5 Å². The Kier molecular flexibility index (Phi) is 4.38. The summed E-state index contributed by atoms with van der Waals surface area (Å²) < 4.78 is 10.6. The number of amides is 1. The molecule has 1 amide bonds. The van der Waals surface area contributed by atoms with E-state index in [1.165, 1.54) is 0 Å². The number of aromatic nitrogens is 2. The van der Waals surface area contributed by atoms with Gasteiger partial charge in [0.1, 0.15) is 5.75 Å². The molecule has 8 heteroatoms. The first-order chi connectivity index (χ1) is 11.0. The van der Waals surface area contributed by atoms with Crippen LogP contribution in [0.3, 0.4) is 0 Å². The standard InChI is InChI=1S/C15H17ClN4O3/c1-8(2)3-13-19-15(23-20-13)6-17-10-5-12-11(4-9(10)16)18-14(21)7-22-12/h4-5,8,17H,3,6-7H2,1-2H3,(H,18,21). The van der Waals surface area contributed by atoms with Crippen molar-refractivity contribution in [2.75, 3.05) is 17.2 Å². The molecule has 2 aromatic rings. The van der Waals surface area contributed by atoms with Gasteiger partial charge in [0.25, 0.3) is 5.91 Å². The predicted octanol–water partition coefficient (Wildman–Crippen LogP) is 2.86. The lowest BCUT2D eigenvalue weighted by Gasteiger charge is -2.19. The second kappa shape index (κ2) is 6.45. The molecule has 0 saturated carbocycles. The highest BCUT2D eigenvalue weighted by Gasteiger charge is 2.18.